The van der Waals surface area contributed by atoms with Gasteiger partial charge in [-0.25, -0.2) is 0 Å². The van der Waals surface area contributed by atoms with Gasteiger partial charge in [-0.05, 0) is 25.0 Å². The van der Waals surface area contributed by atoms with Gasteiger partial charge in [0.1, 0.15) is 0 Å². The highest BCUT2D eigenvalue weighted by Crippen LogP contribution is 2.30. The maximum atomic E-state index is 12.2. The molecule has 1 amide bonds. The van der Waals surface area contributed by atoms with Crippen molar-refractivity contribution in [3.8, 4) is 0 Å². The number of benzene rings is 1. The van der Waals surface area contributed by atoms with Crippen LogP contribution in [0.4, 0.5) is 0 Å². The molecule has 1 saturated heterocycles. The summed E-state index contributed by atoms with van der Waals surface area (Å²) >= 11 is 6.02. The van der Waals surface area contributed by atoms with Gasteiger partial charge in [-0.2, -0.15) is 0 Å². The van der Waals surface area contributed by atoms with Crippen molar-refractivity contribution >= 4 is 23.5 Å². The minimum absolute atomic E-state index is 0.0712. The Morgan fingerprint density at radius 2 is 2.11 bits per heavy atom. The van der Waals surface area contributed by atoms with Crippen LogP contribution in [0.5, 0.6) is 0 Å². The Morgan fingerprint density at radius 1 is 1.42 bits per heavy atom. The number of amides is 1. The van der Waals surface area contributed by atoms with E-state index in [2.05, 4.69) is 0 Å². The molecule has 1 N–H and O–H groups in total. The largest absolute Gasteiger partial charge is 0.481 e. The van der Waals surface area contributed by atoms with Gasteiger partial charge in [0.25, 0.3) is 0 Å². The van der Waals surface area contributed by atoms with Crippen LogP contribution >= 0.6 is 11.6 Å². The van der Waals surface area contributed by atoms with Crippen LogP contribution in [0.25, 0.3) is 0 Å². The van der Waals surface area contributed by atoms with E-state index in [-0.39, 0.29) is 18.9 Å². The first-order valence-electron chi connectivity index (χ1n) is 6.17. The smallest absolute Gasteiger partial charge is 0.311 e. The molecule has 4 nitrogen and oxygen atoms in total. The van der Waals surface area contributed by atoms with E-state index < -0.39 is 11.4 Å². The molecule has 1 aliphatic heterocycles. The van der Waals surface area contributed by atoms with Crippen LogP contribution in [0.1, 0.15) is 18.9 Å². The molecular formula is C14H16ClNO3. The summed E-state index contributed by atoms with van der Waals surface area (Å²) in [4.78, 5) is 24.9. The van der Waals surface area contributed by atoms with Crippen LogP contribution in [0.15, 0.2) is 24.3 Å². The molecule has 1 aliphatic rings. The first kappa shape index (κ1) is 13.9. The zero-order valence-electron chi connectivity index (χ0n) is 10.7. The van der Waals surface area contributed by atoms with Crippen LogP contribution in [0, 0.1) is 5.41 Å². The lowest BCUT2D eigenvalue weighted by Gasteiger charge is -2.20. The number of nitrogens with zero attached hydrogens (tertiary/aromatic N) is 1. The third-order valence-electron chi connectivity index (χ3n) is 3.64. The second kappa shape index (κ2) is 5.21. The molecule has 1 atom stereocenters. The summed E-state index contributed by atoms with van der Waals surface area (Å²) in [7, 11) is 0. The summed E-state index contributed by atoms with van der Waals surface area (Å²) in [6.45, 7) is 2.44. The number of halogens is 1. The van der Waals surface area contributed by atoms with Gasteiger partial charge in [-0.15, -0.1) is 0 Å². The molecule has 2 rings (SSSR count). The Labute approximate surface area is 117 Å². The number of rotatable bonds is 3. The summed E-state index contributed by atoms with van der Waals surface area (Å²) in [6.07, 6.45) is 0.714. The van der Waals surface area contributed by atoms with Crippen molar-refractivity contribution in [3.63, 3.8) is 0 Å². The van der Waals surface area contributed by atoms with Crippen molar-refractivity contribution in [1.29, 1.82) is 0 Å². The lowest BCUT2D eigenvalue weighted by molar-refractivity contribution is -0.147. The highest BCUT2D eigenvalue weighted by molar-refractivity contribution is 6.31. The fourth-order valence-electron chi connectivity index (χ4n) is 2.27. The van der Waals surface area contributed by atoms with Crippen molar-refractivity contribution < 1.29 is 14.7 Å². The molecule has 0 saturated carbocycles. The number of likely N-dealkylation sites (tertiary alicyclic amines) is 1. The van der Waals surface area contributed by atoms with Gasteiger partial charge in [0.05, 0.1) is 11.8 Å². The van der Waals surface area contributed by atoms with E-state index in [4.69, 9.17) is 16.7 Å². The summed E-state index contributed by atoms with van der Waals surface area (Å²) in [5.74, 6) is -0.918. The lowest BCUT2D eigenvalue weighted by atomic mass is 9.90. The molecule has 5 heteroatoms. The highest BCUT2D eigenvalue weighted by atomic mass is 35.5. The van der Waals surface area contributed by atoms with E-state index in [1.54, 1.807) is 17.9 Å². The third-order valence-corrected chi connectivity index (χ3v) is 4.01. The normalized spacial score (nSPS) is 22.5. The summed E-state index contributed by atoms with van der Waals surface area (Å²) in [5.41, 5.74) is -0.0473. The Morgan fingerprint density at radius 3 is 2.68 bits per heavy atom. The molecule has 19 heavy (non-hydrogen) atoms. The van der Waals surface area contributed by atoms with Gasteiger partial charge >= 0.3 is 5.97 Å². The zero-order chi connectivity index (χ0) is 14.0. The van der Waals surface area contributed by atoms with Crippen LogP contribution in [-0.2, 0) is 16.0 Å². The maximum absolute atomic E-state index is 12.2. The standard InChI is InChI=1S/C14H16ClNO3/c1-14(13(18)19)6-7-16(9-14)12(17)8-10-4-2-3-5-11(10)15/h2-5H,6-9H2,1H3,(H,18,19)/t14-/m0/s1. The van der Waals surface area contributed by atoms with Crippen LogP contribution < -0.4 is 0 Å². The first-order chi connectivity index (χ1) is 8.92. The van der Waals surface area contributed by atoms with Gasteiger partial charge in [-0.1, -0.05) is 29.8 Å². The van der Waals surface area contributed by atoms with Gasteiger partial charge < -0.3 is 10.0 Å². The molecule has 0 radical (unpaired) electrons. The predicted octanol–water partition coefficient (Wildman–Crippen LogP) is 2.21. The molecule has 102 valence electrons. The second-order valence-corrected chi connectivity index (χ2v) is 5.61. The topological polar surface area (TPSA) is 57.6 Å². The Bertz CT molecular complexity index is 517. The lowest BCUT2D eigenvalue weighted by Crippen LogP contribution is -2.35. The Balaban J connectivity index is 2.03. The summed E-state index contributed by atoms with van der Waals surface area (Å²) < 4.78 is 0. The number of hydrogen-bond acceptors (Lipinski definition) is 2. The molecular weight excluding hydrogens is 266 g/mol. The number of aliphatic carboxylic acids is 1. The predicted molar refractivity (Wildman–Crippen MR) is 72.1 cm³/mol. The molecule has 0 spiro atoms. The van der Waals surface area contributed by atoms with Crippen LogP contribution in [0.3, 0.4) is 0 Å². The van der Waals surface area contributed by atoms with Crippen molar-refractivity contribution in [3.05, 3.63) is 34.9 Å². The van der Waals surface area contributed by atoms with Gasteiger partial charge in [0, 0.05) is 18.1 Å². The molecule has 1 heterocycles. The molecule has 0 bridgehead atoms. The third kappa shape index (κ3) is 2.89. The van der Waals surface area contributed by atoms with E-state index >= 15 is 0 Å². The molecule has 0 aromatic heterocycles. The fraction of sp³-hybridized carbons (Fsp3) is 0.429. The number of carbonyl (C=O) groups excluding carboxylic acids is 1. The van der Waals surface area contributed by atoms with E-state index in [0.717, 1.165) is 5.56 Å². The van der Waals surface area contributed by atoms with Gasteiger partial charge in [0.2, 0.25) is 5.91 Å². The molecule has 1 aromatic carbocycles. The Kier molecular flexibility index (Phi) is 3.80. The number of carboxylic acid groups (broad SMARTS) is 1. The van der Waals surface area contributed by atoms with Crippen LogP contribution in [0.2, 0.25) is 5.02 Å². The quantitative estimate of drug-likeness (QED) is 0.924. The average molecular weight is 282 g/mol. The molecule has 0 unspecified atom stereocenters. The zero-order valence-corrected chi connectivity index (χ0v) is 11.5. The summed E-state index contributed by atoms with van der Waals surface area (Å²) in [6, 6.07) is 7.20. The fourth-order valence-corrected chi connectivity index (χ4v) is 2.47. The number of hydrogen-bond donors (Lipinski definition) is 1. The van der Waals surface area contributed by atoms with Crippen LogP contribution in [-0.4, -0.2) is 35.0 Å². The minimum atomic E-state index is -0.847. The van der Waals surface area contributed by atoms with E-state index in [0.29, 0.717) is 18.0 Å². The highest BCUT2D eigenvalue weighted by Gasteiger charge is 2.41. The monoisotopic (exact) mass is 281 g/mol. The van der Waals surface area contributed by atoms with E-state index in [1.165, 1.54) is 0 Å². The number of carbonyl (C=O) groups is 2. The summed E-state index contributed by atoms with van der Waals surface area (Å²) in [5, 5.41) is 9.71. The minimum Gasteiger partial charge on any atom is -0.481 e. The SMILES string of the molecule is C[C@]1(C(=O)O)CCN(C(=O)Cc2ccccc2Cl)C1. The van der Waals surface area contributed by atoms with E-state index in [1.807, 2.05) is 18.2 Å². The second-order valence-electron chi connectivity index (χ2n) is 5.20. The maximum Gasteiger partial charge on any atom is 0.311 e. The van der Waals surface area contributed by atoms with Gasteiger partial charge in [0.15, 0.2) is 0 Å². The average Bonchev–Trinajstić information content (AvgIpc) is 2.76. The van der Waals surface area contributed by atoms with Crippen molar-refractivity contribution in [2.24, 2.45) is 5.41 Å². The molecule has 0 aliphatic carbocycles. The molecule has 1 aromatic rings. The number of carboxylic acids is 1. The van der Waals surface area contributed by atoms with E-state index in [9.17, 15) is 9.59 Å². The van der Waals surface area contributed by atoms with Crippen molar-refractivity contribution in [1.82, 2.24) is 4.90 Å². The Hall–Kier alpha value is -1.55. The van der Waals surface area contributed by atoms with Crippen molar-refractivity contribution in [2.75, 3.05) is 13.1 Å². The van der Waals surface area contributed by atoms with Crippen molar-refractivity contribution in [2.45, 2.75) is 19.8 Å². The van der Waals surface area contributed by atoms with Gasteiger partial charge in [-0.3, -0.25) is 9.59 Å². The molecule has 1 fully saturated rings. The first-order valence-corrected chi connectivity index (χ1v) is 6.55.